The van der Waals surface area contributed by atoms with Gasteiger partial charge in [0.1, 0.15) is 0 Å². The molecule has 0 bridgehead atoms. The van der Waals surface area contributed by atoms with Gasteiger partial charge in [0.25, 0.3) is 60.0 Å². The zero-order valence-electron chi connectivity index (χ0n) is 32.6. The Hall–Kier alpha value is 2.12. The Morgan fingerprint density at radius 2 is 0.417 bits per heavy atom. The van der Waals surface area contributed by atoms with Crippen molar-refractivity contribution in [2.24, 2.45) is 0 Å². The van der Waals surface area contributed by atoms with Crippen molar-refractivity contribution >= 4 is 111 Å². The van der Waals surface area contributed by atoms with Gasteiger partial charge in [0.2, 0.25) is 0 Å². The maximum absolute atomic E-state index is 7.58. The summed E-state index contributed by atoms with van der Waals surface area (Å²) in [5, 5.41) is 0. The van der Waals surface area contributed by atoms with Crippen LogP contribution in [-0.2, 0) is 49.4 Å². The zero-order chi connectivity index (χ0) is 36.2. The highest BCUT2D eigenvalue weighted by Gasteiger charge is 2.56. The van der Waals surface area contributed by atoms with Crippen LogP contribution in [0, 0.1) is 0 Å². The summed E-state index contributed by atoms with van der Waals surface area (Å²) in [6.07, 6.45) is 0. The molecular formula is C24H72O12Si12. The van der Waals surface area contributed by atoms with E-state index < -0.39 is 111 Å². The van der Waals surface area contributed by atoms with Gasteiger partial charge < -0.3 is 49.4 Å². The molecule has 0 amide bonds. The van der Waals surface area contributed by atoms with Gasteiger partial charge in [0.15, 0.2) is 0 Å². The third kappa shape index (κ3) is 14.4. The molecule has 1 heterocycles. The minimum Gasteiger partial charge on any atom is -0.425 e. The van der Waals surface area contributed by atoms with E-state index in [-0.39, 0.29) is 0 Å². The predicted molar refractivity (Wildman–Crippen MR) is 225 cm³/mol. The number of rotatable bonds is 12. The van der Waals surface area contributed by atoms with E-state index >= 15 is 0 Å². The molecule has 1 rings (SSSR count). The lowest BCUT2D eigenvalue weighted by Crippen LogP contribution is -2.66. The molecule has 0 aromatic carbocycles. The Morgan fingerprint density at radius 3 is 0.604 bits per heavy atom. The van der Waals surface area contributed by atoms with Crippen molar-refractivity contribution < 1.29 is 49.4 Å². The van der Waals surface area contributed by atoms with Crippen LogP contribution in [0.4, 0.5) is 0 Å². The molecule has 0 N–H and O–H groups in total. The maximum atomic E-state index is 7.58. The fraction of sp³-hybridized carbons (Fsp3) is 1.00. The van der Waals surface area contributed by atoms with Gasteiger partial charge in [0.05, 0.1) is 0 Å². The molecule has 0 aliphatic carbocycles. The lowest BCUT2D eigenvalue weighted by molar-refractivity contribution is 0.237. The van der Waals surface area contributed by atoms with Gasteiger partial charge in [-0.15, -0.1) is 0 Å². The molecule has 1 aliphatic rings. The first-order valence-electron chi connectivity index (χ1n) is 18.6. The largest absolute Gasteiger partial charge is 0.425 e. The first-order chi connectivity index (χ1) is 23.0. The molecule has 288 valence electrons. The Bertz CT molecular complexity index is 770. The van der Waals surface area contributed by atoms with Crippen LogP contribution < -0.4 is 0 Å². The van der Waals surface area contributed by atoms with Crippen LogP contribution in [0.5, 0.6) is 0 Å². The van der Waals surface area contributed by atoms with Crippen molar-refractivity contribution in [3.8, 4) is 0 Å². The first-order valence-corrected chi connectivity index (χ1v) is 39.0. The molecule has 24 heteroatoms. The van der Waals surface area contributed by atoms with Gasteiger partial charge in [-0.25, -0.2) is 0 Å². The second kappa shape index (κ2) is 24.5. The molecule has 1 saturated heterocycles. The lowest BCUT2D eigenvalue weighted by atomic mass is 10.9. The quantitative estimate of drug-likeness (QED) is 0.269. The highest BCUT2D eigenvalue weighted by Crippen LogP contribution is 2.39. The second-order valence-corrected chi connectivity index (χ2v) is 47.6. The summed E-state index contributed by atoms with van der Waals surface area (Å²) in [6.45, 7) is 26.6. The number of hydrogen-bond acceptors (Lipinski definition) is 12. The Morgan fingerprint density at radius 1 is 0.250 bits per heavy atom. The van der Waals surface area contributed by atoms with E-state index in [0.717, 1.165) is 72.5 Å². The van der Waals surface area contributed by atoms with E-state index in [4.69, 9.17) is 49.4 Å². The van der Waals surface area contributed by atoms with Crippen LogP contribution in [0.3, 0.4) is 0 Å². The van der Waals surface area contributed by atoms with Crippen LogP contribution in [0.1, 0.15) is 83.1 Å². The lowest BCUT2D eigenvalue weighted by Gasteiger charge is -2.49. The van der Waals surface area contributed by atoms with E-state index in [0.29, 0.717) is 0 Å². The van der Waals surface area contributed by atoms with Gasteiger partial charge in [0, 0.05) is 0 Å². The van der Waals surface area contributed by atoms with Crippen LogP contribution in [-0.4, -0.2) is 111 Å². The summed E-state index contributed by atoms with van der Waals surface area (Å²) < 4.78 is 80.1. The molecular weight excluding hydrogens is 817 g/mol. The maximum Gasteiger partial charge on any atom is 0.320 e. The second-order valence-electron chi connectivity index (χ2n) is 12.2. The van der Waals surface area contributed by atoms with E-state index in [1.807, 2.05) is 0 Å². The molecule has 1 fully saturated rings. The molecule has 0 saturated carbocycles. The highest BCUT2D eigenvalue weighted by molar-refractivity contribution is 6.93. The van der Waals surface area contributed by atoms with Gasteiger partial charge in [-0.3, -0.25) is 0 Å². The smallest absolute Gasteiger partial charge is 0.320 e. The van der Waals surface area contributed by atoms with Gasteiger partial charge in [-0.05, 0) is 72.5 Å². The summed E-state index contributed by atoms with van der Waals surface area (Å²) >= 11 is 0. The van der Waals surface area contributed by atoms with Crippen molar-refractivity contribution in [1.29, 1.82) is 0 Å². The van der Waals surface area contributed by atoms with Crippen LogP contribution >= 0.6 is 0 Å². The van der Waals surface area contributed by atoms with Crippen LogP contribution in [0.2, 0.25) is 72.5 Å². The topological polar surface area (TPSA) is 111 Å². The van der Waals surface area contributed by atoms with Gasteiger partial charge in [-0.2, -0.15) is 0 Å². The Balaban J connectivity index is 3.66. The van der Waals surface area contributed by atoms with E-state index in [1.165, 1.54) is 0 Å². The fourth-order valence-corrected chi connectivity index (χ4v) is 52.3. The summed E-state index contributed by atoms with van der Waals surface area (Å²) in [7, 11) is -23.1. The summed E-state index contributed by atoms with van der Waals surface area (Å²) in [4.78, 5) is 0. The third-order valence-electron chi connectivity index (χ3n) is 9.80. The molecule has 0 atom stereocenters. The monoisotopic (exact) mass is 888 g/mol. The van der Waals surface area contributed by atoms with Crippen LogP contribution in [0.25, 0.3) is 0 Å². The van der Waals surface area contributed by atoms with Crippen molar-refractivity contribution in [2.45, 2.75) is 156 Å². The summed E-state index contributed by atoms with van der Waals surface area (Å²) in [5.41, 5.74) is 0. The molecule has 0 unspecified atom stereocenters. The van der Waals surface area contributed by atoms with Gasteiger partial charge in [-0.1, -0.05) is 83.1 Å². The zero-order valence-corrected chi connectivity index (χ0v) is 47.1. The molecule has 48 heavy (non-hydrogen) atoms. The van der Waals surface area contributed by atoms with E-state index in [2.05, 4.69) is 83.1 Å². The van der Waals surface area contributed by atoms with Gasteiger partial charge >= 0.3 is 51.4 Å². The van der Waals surface area contributed by atoms with Crippen molar-refractivity contribution in [3.63, 3.8) is 0 Å². The average Bonchev–Trinajstić information content (AvgIpc) is 3.13. The molecule has 0 aromatic rings. The summed E-state index contributed by atoms with van der Waals surface area (Å²) in [5.74, 6) is 0. The van der Waals surface area contributed by atoms with E-state index in [9.17, 15) is 0 Å². The Kier molecular flexibility index (Phi) is 24.6. The normalized spacial score (nSPS) is 27.8. The summed E-state index contributed by atoms with van der Waals surface area (Å²) in [6, 6.07) is 10.2. The highest BCUT2D eigenvalue weighted by atomic mass is 28.5. The average molecular weight is 890 g/mol. The Labute approximate surface area is 314 Å². The van der Waals surface area contributed by atoms with Crippen molar-refractivity contribution in [2.75, 3.05) is 0 Å². The molecule has 0 aromatic heterocycles. The minimum atomic E-state index is -2.77. The minimum absolute atomic E-state index is 0.845. The standard InChI is InChI=1S/C24H72O12Si12/c1-13-43(14-2)30-41-28-39-26-37-25-38-27-40-29-42-31-44(15-3,16-4)33-46(19-7,20-8)35-48(23-11,24-12)36-47(21-9,22-10)34-45(17-5,18-6)32-43/h13-24,37-42H2,1-12H3. The molecule has 12 nitrogen and oxygen atoms in total. The van der Waals surface area contributed by atoms with Crippen molar-refractivity contribution in [3.05, 3.63) is 0 Å². The first kappa shape index (κ1) is 48.1. The molecule has 0 radical (unpaired) electrons. The fourth-order valence-electron chi connectivity index (χ4n) is 5.89. The number of hydrogen-bond donors (Lipinski definition) is 0. The SMILES string of the molecule is CC[Si]1(CC)O[SiH2]O[SiH2]O[SiH2]O[SiH2]O[SiH2]O[SiH2]O[Si](CC)(CC)O[Si](CC)(CC)O[Si](CC)(CC)O[Si](CC)(CC)O[Si](CC)(CC)O1. The third-order valence-corrected chi connectivity index (χ3v) is 49.4. The van der Waals surface area contributed by atoms with Crippen LogP contribution in [0.15, 0.2) is 0 Å². The van der Waals surface area contributed by atoms with Crippen molar-refractivity contribution in [1.82, 2.24) is 0 Å². The predicted octanol–water partition coefficient (Wildman–Crippen LogP) is 3.08. The van der Waals surface area contributed by atoms with E-state index in [1.54, 1.807) is 0 Å². The molecule has 0 spiro atoms. The molecule has 1 aliphatic heterocycles.